The van der Waals surface area contributed by atoms with E-state index < -0.39 is 5.60 Å². The number of aryl methyl sites for hydroxylation is 1. The number of likely N-dealkylation sites (tertiary alicyclic amines) is 1. The third-order valence-electron chi connectivity index (χ3n) is 3.61. The van der Waals surface area contributed by atoms with Gasteiger partial charge in [0.2, 0.25) is 0 Å². The molecular weight excluding hydrogens is 278 g/mol. The van der Waals surface area contributed by atoms with Gasteiger partial charge in [0.15, 0.2) is 0 Å². The number of aromatic nitrogens is 2. The summed E-state index contributed by atoms with van der Waals surface area (Å²) < 4.78 is 1.67. The topological polar surface area (TPSA) is 58.4 Å². The molecule has 1 aliphatic rings. The van der Waals surface area contributed by atoms with E-state index in [9.17, 15) is 9.90 Å². The molecule has 2 aromatic rings. The maximum Gasteiger partial charge on any atom is 0.272 e. The van der Waals surface area contributed by atoms with Crippen LogP contribution in [0.3, 0.4) is 0 Å². The van der Waals surface area contributed by atoms with Gasteiger partial charge < -0.3 is 14.6 Å². The van der Waals surface area contributed by atoms with E-state index in [-0.39, 0.29) is 19.0 Å². The highest BCUT2D eigenvalue weighted by Crippen LogP contribution is 2.33. The molecule has 20 heavy (non-hydrogen) atoms. The Balaban J connectivity index is 1.73. The maximum absolute atomic E-state index is 12.2. The Labute approximate surface area is 121 Å². The average molecular weight is 292 g/mol. The van der Waals surface area contributed by atoms with Crippen molar-refractivity contribution in [1.29, 1.82) is 0 Å². The van der Waals surface area contributed by atoms with E-state index in [1.54, 1.807) is 47.1 Å². The fourth-order valence-corrected chi connectivity index (χ4v) is 2.52. The largest absolute Gasteiger partial charge is 0.381 e. The minimum Gasteiger partial charge on any atom is -0.381 e. The van der Waals surface area contributed by atoms with Crippen molar-refractivity contribution in [2.45, 2.75) is 5.60 Å². The highest BCUT2D eigenvalue weighted by atomic mass is 35.5. The third-order valence-corrected chi connectivity index (χ3v) is 3.86. The monoisotopic (exact) mass is 291 g/mol. The van der Waals surface area contributed by atoms with Crippen LogP contribution in [0.2, 0.25) is 5.02 Å². The van der Waals surface area contributed by atoms with Crippen molar-refractivity contribution in [3.8, 4) is 0 Å². The first-order valence-corrected chi connectivity index (χ1v) is 6.61. The molecule has 0 unspecified atom stereocenters. The summed E-state index contributed by atoms with van der Waals surface area (Å²) in [6, 6.07) is 7.04. The Bertz CT molecular complexity index is 645. The minimum atomic E-state index is -0.987. The van der Waals surface area contributed by atoms with Crippen LogP contribution in [0.25, 0.3) is 0 Å². The number of hydrogen-bond donors (Lipinski definition) is 1. The molecular formula is C14H14ClN3O2. The van der Waals surface area contributed by atoms with E-state index in [4.69, 9.17) is 11.6 Å². The van der Waals surface area contributed by atoms with Crippen LogP contribution in [0.15, 0.2) is 36.8 Å². The molecule has 0 aliphatic carbocycles. The molecule has 2 heterocycles. The molecule has 1 fully saturated rings. The molecule has 1 aliphatic heterocycles. The van der Waals surface area contributed by atoms with Gasteiger partial charge >= 0.3 is 0 Å². The molecule has 1 saturated heterocycles. The van der Waals surface area contributed by atoms with Crippen LogP contribution < -0.4 is 0 Å². The lowest BCUT2D eigenvalue weighted by Crippen LogP contribution is -2.61. The quantitative estimate of drug-likeness (QED) is 0.910. The molecule has 104 valence electrons. The number of benzene rings is 1. The molecule has 0 radical (unpaired) electrons. The highest BCUT2D eigenvalue weighted by molar-refractivity contribution is 6.30. The van der Waals surface area contributed by atoms with Gasteiger partial charge in [-0.1, -0.05) is 23.7 Å². The summed E-state index contributed by atoms with van der Waals surface area (Å²) in [5, 5.41) is 11.1. The van der Waals surface area contributed by atoms with Crippen molar-refractivity contribution in [1.82, 2.24) is 14.5 Å². The Kier molecular flexibility index (Phi) is 3.03. The fourth-order valence-electron chi connectivity index (χ4n) is 2.40. The van der Waals surface area contributed by atoms with Gasteiger partial charge in [-0.15, -0.1) is 0 Å². The number of hydrogen-bond acceptors (Lipinski definition) is 3. The van der Waals surface area contributed by atoms with Crippen LogP contribution in [0.1, 0.15) is 16.1 Å². The van der Waals surface area contributed by atoms with Crippen LogP contribution in [0, 0.1) is 0 Å². The number of aliphatic hydroxyl groups is 1. The molecule has 6 heteroatoms. The number of imidazole rings is 1. The number of β-amino-alcohol motifs (C(OH)–C–C–N with tert-alkyl or cyclic N) is 1. The molecule has 1 N–H and O–H groups in total. The van der Waals surface area contributed by atoms with E-state index in [1.807, 2.05) is 0 Å². The molecule has 0 atom stereocenters. The zero-order valence-electron chi connectivity index (χ0n) is 11.0. The van der Waals surface area contributed by atoms with Crippen LogP contribution >= 0.6 is 11.6 Å². The second kappa shape index (κ2) is 4.61. The van der Waals surface area contributed by atoms with E-state index in [0.717, 1.165) is 5.56 Å². The number of amides is 1. The van der Waals surface area contributed by atoms with Gasteiger partial charge in [-0.25, -0.2) is 4.98 Å². The lowest BCUT2D eigenvalue weighted by Gasteiger charge is -2.46. The van der Waals surface area contributed by atoms with E-state index in [1.165, 1.54) is 6.20 Å². The summed E-state index contributed by atoms with van der Waals surface area (Å²) in [6.45, 7) is 0.553. The smallest absolute Gasteiger partial charge is 0.272 e. The van der Waals surface area contributed by atoms with E-state index >= 15 is 0 Å². The molecule has 0 saturated carbocycles. The number of rotatable bonds is 2. The van der Waals surface area contributed by atoms with Crippen molar-refractivity contribution in [2.24, 2.45) is 7.05 Å². The summed E-state index contributed by atoms with van der Waals surface area (Å²) in [6.07, 6.45) is 3.11. The fraction of sp³-hybridized carbons (Fsp3) is 0.286. The molecule has 5 nitrogen and oxygen atoms in total. The van der Waals surface area contributed by atoms with Gasteiger partial charge in [0.1, 0.15) is 11.3 Å². The number of carbonyl (C=O) groups is 1. The molecule has 3 rings (SSSR count). The first-order valence-electron chi connectivity index (χ1n) is 6.24. The predicted molar refractivity (Wildman–Crippen MR) is 74.5 cm³/mol. The standard InChI is InChI=1S/C14H14ClN3O2/c1-17-9-16-6-12(17)13(19)18-7-14(20,8-18)10-2-4-11(15)5-3-10/h2-6,9,20H,7-8H2,1H3. The zero-order chi connectivity index (χ0) is 14.3. The SMILES string of the molecule is Cn1cncc1C(=O)N1CC(O)(c2ccc(Cl)cc2)C1. The van der Waals surface area contributed by atoms with Gasteiger partial charge in [0, 0.05) is 12.1 Å². The first-order chi connectivity index (χ1) is 9.49. The number of carbonyl (C=O) groups excluding carboxylic acids is 1. The van der Waals surface area contributed by atoms with Gasteiger partial charge in [0.25, 0.3) is 5.91 Å². The van der Waals surface area contributed by atoms with Crippen LogP contribution in [-0.4, -0.2) is 38.6 Å². The second-order valence-electron chi connectivity index (χ2n) is 5.09. The van der Waals surface area contributed by atoms with Crippen LogP contribution in [0.5, 0.6) is 0 Å². The van der Waals surface area contributed by atoms with E-state index in [0.29, 0.717) is 10.7 Å². The second-order valence-corrected chi connectivity index (χ2v) is 5.53. The molecule has 0 bridgehead atoms. The summed E-state index contributed by atoms with van der Waals surface area (Å²) in [4.78, 5) is 17.7. The number of halogens is 1. The van der Waals surface area contributed by atoms with Gasteiger partial charge in [-0.3, -0.25) is 4.79 Å². The highest BCUT2D eigenvalue weighted by Gasteiger charge is 2.45. The molecule has 1 aromatic heterocycles. The minimum absolute atomic E-state index is 0.122. The average Bonchev–Trinajstić information content (AvgIpc) is 2.81. The summed E-state index contributed by atoms with van der Waals surface area (Å²) in [5.74, 6) is -0.122. The summed E-state index contributed by atoms with van der Waals surface area (Å²) >= 11 is 5.83. The van der Waals surface area contributed by atoms with Gasteiger partial charge in [-0.2, -0.15) is 0 Å². The Morgan fingerprint density at radius 2 is 2.00 bits per heavy atom. The zero-order valence-corrected chi connectivity index (χ0v) is 11.7. The molecule has 1 amide bonds. The summed E-state index contributed by atoms with van der Waals surface area (Å²) in [5.41, 5.74) is 0.304. The Hall–Kier alpha value is -1.85. The summed E-state index contributed by atoms with van der Waals surface area (Å²) in [7, 11) is 1.77. The van der Waals surface area contributed by atoms with Crippen LogP contribution in [0.4, 0.5) is 0 Å². The lowest BCUT2D eigenvalue weighted by atomic mass is 9.86. The van der Waals surface area contributed by atoms with Gasteiger partial charge in [-0.05, 0) is 17.7 Å². The lowest BCUT2D eigenvalue weighted by molar-refractivity contribution is -0.0866. The van der Waals surface area contributed by atoms with Gasteiger partial charge in [0.05, 0.1) is 25.6 Å². The van der Waals surface area contributed by atoms with E-state index in [2.05, 4.69) is 4.98 Å². The van der Waals surface area contributed by atoms with Crippen molar-refractivity contribution in [3.63, 3.8) is 0 Å². The predicted octanol–water partition coefficient (Wildman–Crippen LogP) is 1.42. The van der Waals surface area contributed by atoms with Crippen molar-refractivity contribution < 1.29 is 9.90 Å². The Morgan fingerprint density at radius 1 is 1.35 bits per heavy atom. The molecule has 0 spiro atoms. The van der Waals surface area contributed by atoms with Crippen molar-refractivity contribution in [2.75, 3.05) is 13.1 Å². The third kappa shape index (κ3) is 2.09. The first kappa shape index (κ1) is 13.1. The normalized spacial score (nSPS) is 16.9. The number of nitrogens with zero attached hydrogens (tertiary/aromatic N) is 3. The van der Waals surface area contributed by atoms with Crippen LogP contribution in [-0.2, 0) is 12.6 Å². The van der Waals surface area contributed by atoms with Crippen molar-refractivity contribution in [3.05, 3.63) is 53.1 Å². The van der Waals surface area contributed by atoms with Crippen molar-refractivity contribution >= 4 is 17.5 Å². The maximum atomic E-state index is 12.2. The Morgan fingerprint density at radius 3 is 2.55 bits per heavy atom. The molecule has 1 aromatic carbocycles.